The first-order valence-electron chi connectivity index (χ1n) is 7.90. The number of unbranched alkanes of at least 4 members (excludes halogenated alkanes) is 1. The third-order valence-electron chi connectivity index (χ3n) is 4.48. The number of carbonyl (C=O) groups excluding carboxylic acids is 2. The quantitative estimate of drug-likeness (QED) is 0.793. The highest BCUT2D eigenvalue weighted by atomic mass is 19.4. The molecule has 23 heavy (non-hydrogen) atoms. The molecule has 0 unspecified atom stereocenters. The van der Waals surface area contributed by atoms with Crippen LogP contribution in [-0.2, 0) is 9.59 Å². The largest absolute Gasteiger partial charge is 0.397 e. The van der Waals surface area contributed by atoms with E-state index in [1.807, 2.05) is 0 Å². The molecule has 2 rings (SSSR count). The standard InChI is InChI=1S/C15H22F3N3O2/c1-3-4-5-11-19-14(13(23)20(11)2)6-8-21(9-7-14)12(22)10-15(16,17)18/h3-10H2,1-2H3. The van der Waals surface area contributed by atoms with Gasteiger partial charge in [-0.1, -0.05) is 13.3 Å². The summed E-state index contributed by atoms with van der Waals surface area (Å²) in [6, 6.07) is 0. The van der Waals surface area contributed by atoms with Gasteiger partial charge in [0.15, 0.2) is 0 Å². The third-order valence-corrected chi connectivity index (χ3v) is 4.48. The zero-order valence-electron chi connectivity index (χ0n) is 13.4. The number of likely N-dealkylation sites (tertiary alicyclic amines) is 1. The van der Waals surface area contributed by atoms with E-state index in [1.54, 1.807) is 11.9 Å². The second kappa shape index (κ2) is 6.49. The van der Waals surface area contributed by atoms with Crippen LogP contribution in [0, 0.1) is 0 Å². The molecular weight excluding hydrogens is 311 g/mol. The Bertz CT molecular complexity index is 509. The molecule has 0 atom stereocenters. The van der Waals surface area contributed by atoms with Gasteiger partial charge in [0.05, 0.1) is 0 Å². The summed E-state index contributed by atoms with van der Waals surface area (Å²) in [6.07, 6.45) is -2.72. The molecule has 0 aromatic carbocycles. The van der Waals surface area contributed by atoms with E-state index in [1.165, 1.54) is 4.90 Å². The van der Waals surface area contributed by atoms with Crippen LogP contribution in [0.25, 0.3) is 0 Å². The molecule has 0 saturated carbocycles. The van der Waals surface area contributed by atoms with E-state index in [4.69, 9.17) is 0 Å². The van der Waals surface area contributed by atoms with Gasteiger partial charge in [-0.3, -0.25) is 14.6 Å². The number of hydrogen-bond donors (Lipinski definition) is 0. The molecule has 2 aliphatic heterocycles. The summed E-state index contributed by atoms with van der Waals surface area (Å²) in [4.78, 5) is 31.5. The zero-order chi connectivity index (χ0) is 17.3. The molecule has 0 aromatic heterocycles. The molecule has 130 valence electrons. The summed E-state index contributed by atoms with van der Waals surface area (Å²) in [5.74, 6) is -0.292. The van der Waals surface area contributed by atoms with Crippen LogP contribution in [0.15, 0.2) is 4.99 Å². The normalized spacial score (nSPS) is 21.1. The average Bonchev–Trinajstić information content (AvgIpc) is 2.69. The van der Waals surface area contributed by atoms with Crippen molar-refractivity contribution < 1.29 is 22.8 Å². The van der Waals surface area contributed by atoms with E-state index >= 15 is 0 Å². The molecule has 5 nitrogen and oxygen atoms in total. The lowest BCUT2D eigenvalue weighted by atomic mass is 9.87. The molecule has 2 amide bonds. The van der Waals surface area contributed by atoms with E-state index < -0.39 is 24.0 Å². The number of likely N-dealkylation sites (N-methyl/N-ethyl adjacent to an activating group) is 1. The summed E-state index contributed by atoms with van der Waals surface area (Å²) in [7, 11) is 1.69. The Balaban J connectivity index is 2.01. The number of hydrogen-bond acceptors (Lipinski definition) is 3. The van der Waals surface area contributed by atoms with Crippen molar-refractivity contribution in [1.29, 1.82) is 0 Å². The van der Waals surface area contributed by atoms with Gasteiger partial charge in [0, 0.05) is 26.6 Å². The second-order valence-electron chi connectivity index (χ2n) is 6.20. The predicted octanol–water partition coefficient (Wildman–Crippen LogP) is 2.36. The number of rotatable bonds is 4. The monoisotopic (exact) mass is 333 g/mol. The van der Waals surface area contributed by atoms with Gasteiger partial charge < -0.3 is 9.80 Å². The molecule has 0 aromatic rings. The number of aliphatic imine (C=N–C) groups is 1. The number of amides is 2. The molecule has 0 radical (unpaired) electrons. The number of amidine groups is 1. The van der Waals surface area contributed by atoms with Gasteiger partial charge in [-0.15, -0.1) is 0 Å². The Morgan fingerprint density at radius 3 is 2.43 bits per heavy atom. The van der Waals surface area contributed by atoms with Crippen molar-refractivity contribution in [3.8, 4) is 0 Å². The smallest absolute Gasteiger partial charge is 0.342 e. The van der Waals surface area contributed by atoms with Crippen LogP contribution in [0.3, 0.4) is 0 Å². The first kappa shape index (κ1) is 17.7. The van der Waals surface area contributed by atoms with Gasteiger partial charge in [-0.2, -0.15) is 13.2 Å². The Morgan fingerprint density at radius 2 is 1.91 bits per heavy atom. The highest BCUT2D eigenvalue weighted by Crippen LogP contribution is 2.34. The minimum absolute atomic E-state index is 0.105. The first-order chi connectivity index (χ1) is 10.7. The maximum absolute atomic E-state index is 12.5. The summed E-state index contributed by atoms with van der Waals surface area (Å²) in [5.41, 5.74) is -0.882. The zero-order valence-corrected chi connectivity index (χ0v) is 13.4. The summed E-state index contributed by atoms with van der Waals surface area (Å²) >= 11 is 0. The second-order valence-corrected chi connectivity index (χ2v) is 6.20. The van der Waals surface area contributed by atoms with Gasteiger partial charge in [-0.05, 0) is 19.3 Å². The van der Waals surface area contributed by atoms with E-state index in [-0.39, 0.29) is 31.8 Å². The molecule has 0 N–H and O–H groups in total. The topological polar surface area (TPSA) is 53.0 Å². The summed E-state index contributed by atoms with van der Waals surface area (Å²) in [6.45, 7) is 2.33. The lowest BCUT2D eigenvalue weighted by Crippen LogP contribution is -2.51. The van der Waals surface area contributed by atoms with Crippen molar-refractivity contribution in [2.75, 3.05) is 20.1 Å². The fourth-order valence-electron chi connectivity index (χ4n) is 3.09. The summed E-state index contributed by atoms with van der Waals surface area (Å²) < 4.78 is 36.9. The van der Waals surface area contributed by atoms with Crippen LogP contribution in [0.1, 0.15) is 45.4 Å². The Hall–Kier alpha value is -1.60. The van der Waals surface area contributed by atoms with Crippen LogP contribution < -0.4 is 0 Å². The Morgan fingerprint density at radius 1 is 1.30 bits per heavy atom. The average molecular weight is 333 g/mol. The molecule has 1 saturated heterocycles. The van der Waals surface area contributed by atoms with Gasteiger partial charge in [-0.25, -0.2) is 0 Å². The number of carbonyl (C=O) groups is 2. The Kier molecular flexibility index (Phi) is 5.01. The van der Waals surface area contributed by atoms with Gasteiger partial charge in [0.1, 0.15) is 17.8 Å². The minimum atomic E-state index is -4.50. The van der Waals surface area contributed by atoms with Gasteiger partial charge in [0.25, 0.3) is 5.91 Å². The lowest BCUT2D eigenvalue weighted by molar-refractivity contribution is -0.163. The molecule has 0 bridgehead atoms. The van der Waals surface area contributed by atoms with Gasteiger partial charge in [0.2, 0.25) is 5.91 Å². The van der Waals surface area contributed by atoms with Crippen LogP contribution in [0.5, 0.6) is 0 Å². The van der Waals surface area contributed by atoms with E-state index in [2.05, 4.69) is 11.9 Å². The molecule has 1 fully saturated rings. The summed E-state index contributed by atoms with van der Waals surface area (Å²) in [5, 5.41) is 0. The lowest BCUT2D eigenvalue weighted by Gasteiger charge is -2.36. The van der Waals surface area contributed by atoms with Crippen molar-refractivity contribution in [3.63, 3.8) is 0 Å². The van der Waals surface area contributed by atoms with Crippen LogP contribution in [0.2, 0.25) is 0 Å². The van der Waals surface area contributed by atoms with Crippen LogP contribution in [-0.4, -0.2) is 59.3 Å². The third kappa shape index (κ3) is 3.84. The maximum Gasteiger partial charge on any atom is 0.397 e. The SMILES string of the molecule is CCCCC1=NC2(CCN(C(=O)CC(F)(F)F)CC2)C(=O)N1C. The van der Waals surface area contributed by atoms with E-state index in [0.717, 1.165) is 25.1 Å². The highest BCUT2D eigenvalue weighted by Gasteiger charge is 2.49. The fraction of sp³-hybridized carbons (Fsp3) is 0.800. The number of piperidine rings is 1. The van der Waals surface area contributed by atoms with Crippen LogP contribution >= 0.6 is 0 Å². The fourth-order valence-corrected chi connectivity index (χ4v) is 3.09. The molecule has 1 spiro atoms. The molecule has 0 aliphatic carbocycles. The van der Waals surface area contributed by atoms with E-state index in [0.29, 0.717) is 0 Å². The first-order valence-corrected chi connectivity index (χ1v) is 7.90. The predicted molar refractivity (Wildman–Crippen MR) is 78.9 cm³/mol. The van der Waals surface area contributed by atoms with Crippen molar-refractivity contribution in [2.24, 2.45) is 4.99 Å². The van der Waals surface area contributed by atoms with Crippen LogP contribution in [0.4, 0.5) is 13.2 Å². The number of alkyl halides is 3. The molecule has 2 aliphatic rings. The minimum Gasteiger partial charge on any atom is -0.342 e. The maximum atomic E-state index is 12.5. The molecule has 8 heteroatoms. The van der Waals surface area contributed by atoms with Crippen molar-refractivity contribution in [1.82, 2.24) is 9.80 Å². The number of nitrogens with zero attached hydrogens (tertiary/aromatic N) is 3. The van der Waals surface area contributed by atoms with Gasteiger partial charge >= 0.3 is 6.18 Å². The molecular formula is C15H22F3N3O2. The highest BCUT2D eigenvalue weighted by molar-refractivity contribution is 6.08. The number of halogens is 3. The molecule has 2 heterocycles. The van der Waals surface area contributed by atoms with Crippen molar-refractivity contribution in [2.45, 2.75) is 57.2 Å². The van der Waals surface area contributed by atoms with Crippen molar-refractivity contribution >= 4 is 17.6 Å². The van der Waals surface area contributed by atoms with E-state index in [9.17, 15) is 22.8 Å². The Labute approximate surface area is 133 Å². The van der Waals surface area contributed by atoms with Crippen molar-refractivity contribution in [3.05, 3.63) is 0 Å².